The van der Waals surface area contributed by atoms with Gasteiger partial charge in [-0.05, 0) is 25.5 Å². The lowest BCUT2D eigenvalue weighted by molar-refractivity contribution is -0.145. The van der Waals surface area contributed by atoms with Crippen LogP contribution in [-0.4, -0.2) is 12.6 Å². The highest BCUT2D eigenvalue weighted by atomic mass is 35.5. The zero-order valence-electron chi connectivity index (χ0n) is 9.30. The molecule has 1 unspecified atom stereocenters. The lowest BCUT2D eigenvalue weighted by Gasteiger charge is -2.14. The van der Waals surface area contributed by atoms with Crippen LogP contribution in [0.5, 0.6) is 0 Å². The van der Waals surface area contributed by atoms with Crippen LogP contribution < -0.4 is 0 Å². The summed E-state index contributed by atoms with van der Waals surface area (Å²) in [5.74, 6) is -1.42. The van der Waals surface area contributed by atoms with Crippen molar-refractivity contribution in [3.8, 4) is 0 Å². The molecule has 0 aliphatic rings. The predicted molar refractivity (Wildman–Crippen MR) is 61.1 cm³/mol. The van der Waals surface area contributed by atoms with Crippen molar-refractivity contribution in [2.45, 2.75) is 26.2 Å². The summed E-state index contributed by atoms with van der Waals surface area (Å²) in [7, 11) is 0. The summed E-state index contributed by atoms with van der Waals surface area (Å²) in [6.45, 7) is 3.84. The van der Waals surface area contributed by atoms with Gasteiger partial charge in [-0.1, -0.05) is 24.6 Å². The van der Waals surface area contributed by atoms with Gasteiger partial charge in [0.15, 0.2) is 0 Å². The van der Waals surface area contributed by atoms with E-state index in [1.807, 2.05) is 6.92 Å². The molecule has 0 bridgehead atoms. The third-order valence-electron chi connectivity index (χ3n) is 2.32. The summed E-state index contributed by atoms with van der Waals surface area (Å²) in [5, 5.41) is 0.319. The fourth-order valence-electron chi connectivity index (χ4n) is 1.54. The standard InChI is InChI=1S/C12H14ClFO2/c1-3-9(12(15)16-4-2)10-6-5-8(13)7-11(10)14/h5-7,9H,3-4H2,1-2H3. The average Bonchev–Trinajstić information content (AvgIpc) is 2.22. The van der Waals surface area contributed by atoms with Gasteiger partial charge in [0.2, 0.25) is 0 Å². The fraction of sp³-hybridized carbons (Fsp3) is 0.417. The summed E-state index contributed by atoms with van der Waals surface area (Å²) >= 11 is 5.65. The molecule has 0 amide bonds. The number of carbonyl (C=O) groups excluding carboxylic acids is 1. The van der Waals surface area contributed by atoms with Crippen LogP contribution in [0.3, 0.4) is 0 Å². The molecule has 4 heteroatoms. The van der Waals surface area contributed by atoms with Crippen molar-refractivity contribution >= 4 is 17.6 Å². The first-order valence-electron chi connectivity index (χ1n) is 5.21. The van der Waals surface area contributed by atoms with Crippen molar-refractivity contribution in [2.75, 3.05) is 6.61 Å². The second-order valence-electron chi connectivity index (χ2n) is 3.38. The van der Waals surface area contributed by atoms with Crippen molar-refractivity contribution in [3.05, 3.63) is 34.6 Å². The molecule has 0 radical (unpaired) electrons. The van der Waals surface area contributed by atoms with E-state index in [-0.39, 0.29) is 0 Å². The number of hydrogen-bond donors (Lipinski definition) is 0. The van der Waals surface area contributed by atoms with E-state index in [1.165, 1.54) is 12.1 Å². The molecule has 2 nitrogen and oxygen atoms in total. The first-order chi connectivity index (χ1) is 7.60. The molecule has 1 aromatic rings. The molecular weight excluding hydrogens is 231 g/mol. The van der Waals surface area contributed by atoms with E-state index in [0.29, 0.717) is 23.6 Å². The minimum Gasteiger partial charge on any atom is -0.466 e. The summed E-state index contributed by atoms with van der Waals surface area (Å²) in [5.41, 5.74) is 0.338. The number of rotatable bonds is 4. The van der Waals surface area contributed by atoms with Crippen molar-refractivity contribution in [3.63, 3.8) is 0 Å². The van der Waals surface area contributed by atoms with E-state index >= 15 is 0 Å². The highest BCUT2D eigenvalue weighted by molar-refractivity contribution is 6.30. The summed E-state index contributed by atoms with van der Waals surface area (Å²) < 4.78 is 18.5. The predicted octanol–water partition coefficient (Wildman–Crippen LogP) is 3.54. The van der Waals surface area contributed by atoms with Crippen LogP contribution in [0.4, 0.5) is 4.39 Å². The Balaban J connectivity index is 2.99. The molecule has 1 rings (SSSR count). The van der Waals surface area contributed by atoms with Crippen LogP contribution in [0.25, 0.3) is 0 Å². The SMILES string of the molecule is CCOC(=O)C(CC)c1ccc(Cl)cc1F. The third-order valence-corrected chi connectivity index (χ3v) is 2.55. The number of ether oxygens (including phenoxy) is 1. The van der Waals surface area contributed by atoms with Crippen molar-refractivity contribution in [2.24, 2.45) is 0 Å². The van der Waals surface area contributed by atoms with Gasteiger partial charge in [0.25, 0.3) is 0 Å². The molecule has 0 fully saturated rings. The zero-order chi connectivity index (χ0) is 12.1. The molecule has 0 saturated heterocycles. The number of esters is 1. The Morgan fingerprint density at radius 3 is 2.69 bits per heavy atom. The van der Waals surface area contributed by atoms with Gasteiger partial charge in [-0.15, -0.1) is 0 Å². The monoisotopic (exact) mass is 244 g/mol. The molecule has 88 valence electrons. The largest absolute Gasteiger partial charge is 0.466 e. The highest BCUT2D eigenvalue weighted by Gasteiger charge is 2.23. The Morgan fingerprint density at radius 2 is 2.19 bits per heavy atom. The van der Waals surface area contributed by atoms with Crippen LogP contribution in [0.2, 0.25) is 5.02 Å². The minimum absolute atomic E-state index is 0.296. The van der Waals surface area contributed by atoms with Crippen LogP contribution in [0.15, 0.2) is 18.2 Å². The van der Waals surface area contributed by atoms with Crippen LogP contribution in [-0.2, 0) is 9.53 Å². The molecule has 0 aliphatic heterocycles. The van der Waals surface area contributed by atoms with Gasteiger partial charge in [-0.3, -0.25) is 4.79 Å². The highest BCUT2D eigenvalue weighted by Crippen LogP contribution is 2.26. The Morgan fingerprint density at radius 1 is 1.50 bits per heavy atom. The normalized spacial score (nSPS) is 12.2. The minimum atomic E-state index is -0.558. The quantitative estimate of drug-likeness (QED) is 0.758. The number of carbonyl (C=O) groups is 1. The van der Waals surface area contributed by atoms with Gasteiger partial charge in [-0.25, -0.2) is 4.39 Å². The molecule has 16 heavy (non-hydrogen) atoms. The van der Waals surface area contributed by atoms with E-state index < -0.39 is 17.7 Å². The molecule has 0 heterocycles. The zero-order valence-corrected chi connectivity index (χ0v) is 10.1. The third kappa shape index (κ3) is 2.95. The maximum atomic E-state index is 13.6. The first-order valence-corrected chi connectivity index (χ1v) is 5.59. The molecular formula is C12H14ClFO2. The Labute approximate surface area is 99.4 Å². The van der Waals surface area contributed by atoms with Crippen molar-refractivity contribution in [1.29, 1.82) is 0 Å². The number of benzene rings is 1. The Kier molecular flexibility index (Phi) is 4.74. The van der Waals surface area contributed by atoms with E-state index in [1.54, 1.807) is 13.0 Å². The second kappa shape index (κ2) is 5.85. The molecule has 0 aliphatic carbocycles. The lowest BCUT2D eigenvalue weighted by atomic mass is 9.96. The van der Waals surface area contributed by atoms with E-state index in [4.69, 9.17) is 16.3 Å². The topological polar surface area (TPSA) is 26.3 Å². The summed E-state index contributed by atoms with van der Waals surface area (Å²) in [4.78, 5) is 11.6. The van der Waals surface area contributed by atoms with Gasteiger partial charge in [0, 0.05) is 10.6 Å². The van der Waals surface area contributed by atoms with Gasteiger partial charge >= 0.3 is 5.97 Å². The van der Waals surface area contributed by atoms with Gasteiger partial charge in [-0.2, -0.15) is 0 Å². The van der Waals surface area contributed by atoms with Crippen LogP contribution in [0.1, 0.15) is 31.7 Å². The molecule has 0 aromatic heterocycles. The Bertz CT molecular complexity index is 379. The summed E-state index contributed by atoms with van der Waals surface area (Å²) in [6.07, 6.45) is 0.497. The lowest BCUT2D eigenvalue weighted by Crippen LogP contribution is -2.16. The maximum absolute atomic E-state index is 13.6. The van der Waals surface area contributed by atoms with Crippen molar-refractivity contribution < 1.29 is 13.9 Å². The van der Waals surface area contributed by atoms with Gasteiger partial charge in [0.05, 0.1) is 12.5 Å². The van der Waals surface area contributed by atoms with E-state index in [0.717, 1.165) is 0 Å². The summed E-state index contributed by atoms with van der Waals surface area (Å²) in [6, 6.07) is 4.31. The van der Waals surface area contributed by atoms with Gasteiger partial charge in [0.1, 0.15) is 5.82 Å². The van der Waals surface area contributed by atoms with Crippen molar-refractivity contribution in [1.82, 2.24) is 0 Å². The number of halogens is 2. The Hall–Kier alpha value is -1.09. The second-order valence-corrected chi connectivity index (χ2v) is 3.82. The molecule has 0 N–H and O–H groups in total. The first kappa shape index (κ1) is 13.0. The molecule has 0 saturated carbocycles. The van der Waals surface area contributed by atoms with Gasteiger partial charge < -0.3 is 4.74 Å². The molecule has 0 spiro atoms. The molecule has 1 aromatic carbocycles. The number of hydrogen-bond acceptors (Lipinski definition) is 2. The average molecular weight is 245 g/mol. The van der Waals surface area contributed by atoms with E-state index in [9.17, 15) is 9.18 Å². The molecule has 1 atom stereocenters. The fourth-order valence-corrected chi connectivity index (χ4v) is 1.70. The smallest absolute Gasteiger partial charge is 0.313 e. The van der Waals surface area contributed by atoms with Crippen LogP contribution >= 0.6 is 11.6 Å². The van der Waals surface area contributed by atoms with E-state index in [2.05, 4.69) is 0 Å². The van der Waals surface area contributed by atoms with Crippen LogP contribution in [0, 0.1) is 5.82 Å². The maximum Gasteiger partial charge on any atom is 0.313 e.